The zero-order valence-electron chi connectivity index (χ0n) is 10.7. The van der Waals surface area contributed by atoms with Crippen LogP contribution in [0.2, 0.25) is 0 Å². The average molecular weight is 272 g/mol. The molecule has 0 saturated carbocycles. The molecule has 1 fully saturated rings. The molecule has 1 amide bonds. The summed E-state index contributed by atoms with van der Waals surface area (Å²) in [6.07, 6.45) is 1.43. The van der Waals surface area contributed by atoms with E-state index in [0.717, 1.165) is 0 Å². The fourth-order valence-corrected chi connectivity index (χ4v) is 1.97. The lowest BCUT2D eigenvalue weighted by molar-refractivity contribution is -0.202. The highest BCUT2D eigenvalue weighted by molar-refractivity contribution is 5.73. The molecule has 19 heavy (non-hydrogen) atoms. The van der Waals surface area contributed by atoms with Gasteiger partial charge < -0.3 is 25.4 Å². The van der Waals surface area contributed by atoms with Crippen LogP contribution >= 0.6 is 0 Å². The van der Waals surface area contributed by atoms with Crippen LogP contribution in [0.5, 0.6) is 0 Å². The summed E-state index contributed by atoms with van der Waals surface area (Å²) in [7, 11) is 0. The summed E-state index contributed by atoms with van der Waals surface area (Å²) in [5.41, 5.74) is 0. The van der Waals surface area contributed by atoms with Gasteiger partial charge in [-0.1, -0.05) is 0 Å². The van der Waals surface area contributed by atoms with Crippen LogP contribution in [0.3, 0.4) is 0 Å². The number of aliphatic hydroxyl groups is 3. The number of carbonyl (C=O) groups is 1. The van der Waals surface area contributed by atoms with Gasteiger partial charge in [-0.05, 0) is 0 Å². The van der Waals surface area contributed by atoms with Gasteiger partial charge in [0.2, 0.25) is 5.91 Å². The fourth-order valence-electron chi connectivity index (χ4n) is 1.97. The van der Waals surface area contributed by atoms with Crippen molar-refractivity contribution in [3.63, 3.8) is 0 Å². The highest BCUT2D eigenvalue weighted by Gasteiger charge is 2.44. The predicted octanol–water partition coefficient (Wildman–Crippen LogP) is -2.46. The van der Waals surface area contributed by atoms with Gasteiger partial charge in [0.25, 0.3) is 0 Å². The van der Waals surface area contributed by atoms with Gasteiger partial charge in [0.15, 0.2) is 0 Å². The van der Waals surface area contributed by atoms with Crippen LogP contribution in [-0.2, 0) is 9.53 Å². The largest absolute Gasteiger partial charge is 0.394 e. The van der Waals surface area contributed by atoms with E-state index >= 15 is 0 Å². The molecule has 7 nitrogen and oxygen atoms in total. The van der Waals surface area contributed by atoms with Gasteiger partial charge in [-0.2, -0.15) is 0 Å². The molecule has 1 rings (SSSR count). The summed E-state index contributed by atoms with van der Waals surface area (Å²) in [5, 5.41) is 34.3. The number of amides is 1. The first kappa shape index (κ1) is 15.9. The molecule has 0 spiro atoms. The summed E-state index contributed by atoms with van der Waals surface area (Å²) >= 11 is 0. The topological polar surface area (TPSA) is 111 Å². The number of aliphatic hydroxyl groups excluding tert-OH is 3. The Labute approximate surface area is 112 Å². The van der Waals surface area contributed by atoms with Crippen LogP contribution < -0.4 is 10.6 Å². The van der Waals surface area contributed by atoms with Crippen molar-refractivity contribution < 1.29 is 24.9 Å². The predicted molar refractivity (Wildman–Crippen MR) is 66.8 cm³/mol. The van der Waals surface area contributed by atoms with Crippen molar-refractivity contribution in [1.82, 2.24) is 10.6 Å². The number of nitrogens with one attached hydrogen (secondary N) is 2. The van der Waals surface area contributed by atoms with E-state index in [2.05, 4.69) is 16.6 Å². The van der Waals surface area contributed by atoms with Crippen molar-refractivity contribution in [3.05, 3.63) is 0 Å². The molecule has 0 aliphatic carbocycles. The lowest BCUT2D eigenvalue weighted by Crippen LogP contribution is -2.67. The summed E-state index contributed by atoms with van der Waals surface area (Å²) < 4.78 is 5.42. The Morgan fingerprint density at radius 1 is 1.42 bits per heavy atom. The van der Waals surface area contributed by atoms with Gasteiger partial charge in [-0.15, -0.1) is 12.3 Å². The van der Waals surface area contributed by atoms with E-state index in [1.807, 2.05) is 0 Å². The van der Waals surface area contributed by atoms with E-state index in [0.29, 0.717) is 13.0 Å². The Morgan fingerprint density at radius 2 is 2.11 bits per heavy atom. The monoisotopic (exact) mass is 272 g/mol. The van der Waals surface area contributed by atoms with E-state index in [1.165, 1.54) is 6.92 Å². The minimum absolute atomic E-state index is 0.356. The van der Waals surface area contributed by atoms with Crippen molar-refractivity contribution in [2.45, 2.75) is 43.9 Å². The second-order valence-corrected chi connectivity index (χ2v) is 4.39. The van der Waals surface area contributed by atoms with Crippen molar-refractivity contribution in [1.29, 1.82) is 0 Å². The molecule has 1 heterocycles. The molecule has 1 aliphatic rings. The molecule has 1 saturated heterocycles. The van der Waals surface area contributed by atoms with E-state index in [9.17, 15) is 15.0 Å². The van der Waals surface area contributed by atoms with Gasteiger partial charge >= 0.3 is 0 Å². The SMILES string of the molecule is C#CCCN[C@@H]1O[C@H](CO)[C@H](O)[C@H](O)[C@H]1NC(C)=O. The Balaban J connectivity index is 2.74. The molecule has 0 radical (unpaired) electrons. The highest BCUT2D eigenvalue weighted by atomic mass is 16.5. The second-order valence-electron chi connectivity index (χ2n) is 4.39. The summed E-state index contributed by atoms with van der Waals surface area (Å²) in [5.74, 6) is 2.09. The molecule has 0 unspecified atom stereocenters. The molecule has 108 valence electrons. The van der Waals surface area contributed by atoms with Crippen LogP contribution in [0.15, 0.2) is 0 Å². The molecule has 0 bridgehead atoms. The Morgan fingerprint density at radius 3 is 2.63 bits per heavy atom. The maximum Gasteiger partial charge on any atom is 0.217 e. The molecular formula is C12H20N2O5. The molecule has 1 aliphatic heterocycles. The first-order chi connectivity index (χ1) is 9.01. The summed E-state index contributed by atoms with van der Waals surface area (Å²) in [6.45, 7) is 1.30. The maximum absolute atomic E-state index is 11.1. The van der Waals surface area contributed by atoms with Gasteiger partial charge in [-0.3, -0.25) is 10.1 Å². The van der Waals surface area contributed by atoms with Crippen LogP contribution in [-0.4, -0.2) is 65.0 Å². The molecule has 0 aromatic rings. The molecule has 7 heteroatoms. The second kappa shape index (κ2) is 7.43. The third kappa shape index (κ3) is 4.16. The summed E-state index contributed by atoms with van der Waals surface area (Å²) in [4.78, 5) is 11.1. The molecule has 5 N–H and O–H groups in total. The molecule has 5 atom stereocenters. The summed E-state index contributed by atoms with van der Waals surface area (Å²) in [6, 6.07) is -0.812. The van der Waals surface area contributed by atoms with Crippen LogP contribution in [0.1, 0.15) is 13.3 Å². The average Bonchev–Trinajstić information content (AvgIpc) is 2.37. The Bertz CT molecular complexity index is 344. The van der Waals surface area contributed by atoms with Gasteiger partial charge in [0.1, 0.15) is 24.5 Å². The smallest absolute Gasteiger partial charge is 0.217 e. The van der Waals surface area contributed by atoms with Crippen molar-refractivity contribution in [3.8, 4) is 12.3 Å². The van der Waals surface area contributed by atoms with Crippen LogP contribution in [0.4, 0.5) is 0 Å². The van der Waals surface area contributed by atoms with Crippen LogP contribution in [0, 0.1) is 12.3 Å². The number of rotatable bonds is 5. The minimum atomic E-state index is -1.27. The Kier molecular flexibility index (Phi) is 6.21. The van der Waals surface area contributed by atoms with E-state index in [-0.39, 0.29) is 5.91 Å². The zero-order chi connectivity index (χ0) is 14.4. The third-order valence-corrected chi connectivity index (χ3v) is 2.91. The normalized spacial score (nSPS) is 34.6. The van der Waals surface area contributed by atoms with E-state index < -0.39 is 37.2 Å². The standard InChI is InChI=1S/C12H20N2O5/c1-3-4-5-13-12-9(14-7(2)16)11(18)10(17)8(6-15)19-12/h1,8-13,15,17-18H,4-6H2,2H3,(H,14,16)/t8-,9-,10+,11-,12-/m1/s1. The van der Waals surface area contributed by atoms with Crippen LogP contribution in [0.25, 0.3) is 0 Å². The number of ether oxygens (including phenoxy) is 1. The molecular weight excluding hydrogens is 252 g/mol. The third-order valence-electron chi connectivity index (χ3n) is 2.91. The van der Waals surface area contributed by atoms with Crippen molar-refractivity contribution in [2.24, 2.45) is 0 Å². The number of hydrogen-bond acceptors (Lipinski definition) is 6. The number of hydrogen-bond donors (Lipinski definition) is 5. The maximum atomic E-state index is 11.1. The number of carbonyl (C=O) groups excluding carboxylic acids is 1. The fraction of sp³-hybridized carbons (Fsp3) is 0.750. The van der Waals surface area contributed by atoms with E-state index in [1.54, 1.807) is 0 Å². The first-order valence-corrected chi connectivity index (χ1v) is 6.07. The quantitative estimate of drug-likeness (QED) is 0.280. The lowest BCUT2D eigenvalue weighted by Gasteiger charge is -2.42. The lowest BCUT2D eigenvalue weighted by atomic mass is 9.96. The number of terminal acetylenes is 1. The van der Waals surface area contributed by atoms with Gasteiger partial charge in [-0.25, -0.2) is 0 Å². The van der Waals surface area contributed by atoms with Gasteiger partial charge in [0, 0.05) is 19.9 Å². The minimum Gasteiger partial charge on any atom is -0.394 e. The van der Waals surface area contributed by atoms with Gasteiger partial charge in [0.05, 0.1) is 12.6 Å². The highest BCUT2D eigenvalue weighted by Crippen LogP contribution is 2.19. The Hall–Kier alpha value is -1.17. The zero-order valence-corrected chi connectivity index (χ0v) is 10.7. The molecule has 0 aromatic heterocycles. The first-order valence-electron chi connectivity index (χ1n) is 6.07. The van der Waals surface area contributed by atoms with Crippen molar-refractivity contribution >= 4 is 5.91 Å². The van der Waals surface area contributed by atoms with E-state index in [4.69, 9.17) is 16.3 Å². The molecule has 0 aromatic carbocycles. The van der Waals surface area contributed by atoms with Crippen molar-refractivity contribution in [2.75, 3.05) is 13.2 Å².